The van der Waals surface area contributed by atoms with E-state index in [0.29, 0.717) is 34.5 Å². The molecule has 2 aliphatic heterocycles. The monoisotopic (exact) mass is 453 g/mol. The topological polar surface area (TPSA) is 66.8 Å². The smallest absolute Gasteiger partial charge is 0.200 e. The highest BCUT2D eigenvalue weighted by Crippen LogP contribution is 2.49. The number of fused-ring (bicyclic) bond motifs is 1. The minimum Gasteiger partial charge on any atom is -0.411 e. The van der Waals surface area contributed by atoms with Gasteiger partial charge in [-0.05, 0) is 41.6 Å². The summed E-state index contributed by atoms with van der Waals surface area (Å²) in [4.78, 5) is 2.55. The van der Waals surface area contributed by atoms with E-state index in [1.165, 1.54) is 0 Å². The Morgan fingerprint density at radius 3 is 2.13 bits per heavy atom. The maximum absolute atomic E-state index is 13.8. The molecule has 0 spiro atoms. The fourth-order valence-electron chi connectivity index (χ4n) is 6.41. The SMILES string of the molecule is CC(C)[Si](O[C@@H]1CCN2CC[C@@](CO)(S(=O)(=O)c3ccccc3)[C@@H]12)(C(C)C)C(C)C. The van der Waals surface area contributed by atoms with Crippen LogP contribution in [0.3, 0.4) is 0 Å². The van der Waals surface area contributed by atoms with Gasteiger partial charge in [0.1, 0.15) is 4.75 Å². The molecule has 5 nitrogen and oxygen atoms in total. The van der Waals surface area contributed by atoms with E-state index in [1.807, 2.05) is 6.07 Å². The third-order valence-corrected chi connectivity index (χ3v) is 16.4. The summed E-state index contributed by atoms with van der Waals surface area (Å²) < 4.78 is 33.5. The molecule has 1 aromatic rings. The van der Waals surface area contributed by atoms with Crippen molar-refractivity contribution >= 4 is 18.2 Å². The van der Waals surface area contributed by atoms with Gasteiger partial charge in [-0.1, -0.05) is 59.7 Å². The first-order valence-electron chi connectivity index (χ1n) is 11.4. The molecule has 0 aliphatic carbocycles. The molecule has 170 valence electrons. The molecule has 0 saturated carbocycles. The Kier molecular flexibility index (Phi) is 6.90. The second-order valence-corrected chi connectivity index (χ2v) is 17.7. The maximum Gasteiger partial charge on any atom is 0.200 e. The number of hydrogen-bond donors (Lipinski definition) is 1. The number of hydrogen-bond acceptors (Lipinski definition) is 5. The average molecular weight is 454 g/mol. The quantitative estimate of drug-likeness (QED) is 0.597. The predicted molar refractivity (Wildman–Crippen MR) is 124 cm³/mol. The van der Waals surface area contributed by atoms with Gasteiger partial charge in [-0.2, -0.15) is 0 Å². The van der Waals surface area contributed by atoms with Crippen LogP contribution in [0.4, 0.5) is 0 Å². The molecule has 7 heteroatoms. The van der Waals surface area contributed by atoms with Crippen LogP contribution in [-0.4, -0.2) is 63.3 Å². The molecule has 2 saturated heterocycles. The molecule has 2 fully saturated rings. The van der Waals surface area contributed by atoms with Gasteiger partial charge in [0.15, 0.2) is 9.84 Å². The fourth-order valence-corrected chi connectivity index (χ4v) is 14.1. The largest absolute Gasteiger partial charge is 0.411 e. The number of aliphatic hydroxyl groups excluding tert-OH is 1. The normalized spacial score (nSPS) is 28.1. The Bertz CT molecular complexity index is 805. The van der Waals surface area contributed by atoms with Crippen LogP contribution in [0.25, 0.3) is 0 Å². The van der Waals surface area contributed by atoms with Crippen LogP contribution in [0, 0.1) is 0 Å². The van der Waals surface area contributed by atoms with Crippen molar-refractivity contribution in [3.63, 3.8) is 0 Å². The highest BCUT2D eigenvalue weighted by Gasteiger charge is 2.62. The third kappa shape index (κ3) is 3.50. The van der Waals surface area contributed by atoms with Crippen LogP contribution in [0.15, 0.2) is 35.2 Å². The van der Waals surface area contributed by atoms with E-state index in [2.05, 4.69) is 46.4 Å². The second kappa shape index (κ2) is 8.66. The van der Waals surface area contributed by atoms with E-state index in [0.717, 1.165) is 13.0 Å². The van der Waals surface area contributed by atoms with Gasteiger partial charge in [-0.3, -0.25) is 4.90 Å². The van der Waals surface area contributed by atoms with Crippen LogP contribution >= 0.6 is 0 Å². The summed E-state index contributed by atoms with van der Waals surface area (Å²) >= 11 is 0. The van der Waals surface area contributed by atoms with Gasteiger partial charge in [0.25, 0.3) is 0 Å². The summed E-state index contributed by atoms with van der Waals surface area (Å²) in [6.45, 7) is 14.7. The minimum atomic E-state index is -3.71. The molecule has 0 bridgehead atoms. The van der Waals surface area contributed by atoms with Crippen LogP contribution in [0.2, 0.25) is 16.6 Å². The lowest BCUT2D eigenvalue weighted by Gasteiger charge is -2.46. The molecule has 1 aromatic carbocycles. The highest BCUT2D eigenvalue weighted by atomic mass is 32.2. The summed E-state index contributed by atoms with van der Waals surface area (Å²) in [7, 11) is -5.88. The third-order valence-electron chi connectivity index (χ3n) is 7.73. The number of nitrogens with zero attached hydrogens (tertiary/aromatic N) is 1. The van der Waals surface area contributed by atoms with Gasteiger partial charge in [0.05, 0.1) is 23.6 Å². The van der Waals surface area contributed by atoms with Gasteiger partial charge in [-0.15, -0.1) is 0 Å². The molecule has 0 aromatic heterocycles. The molecule has 30 heavy (non-hydrogen) atoms. The van der Waals surface area contributed by atoms with Gasteiger partial charge in [0.2, 0.25) is 8.32 Å². The van der Waals surface area contributed by atoms with Crippen molar-refractivity contribution in [1.82, 2.24) is 4.90 Å². The van der Waals surface area contributed by atoms with E-state index in [1.54, 1.807) is 24.3 Å². The molecule has 0 unspecified atom stereocenters. The van der Waals surface area contributed by atoms with E-state index in [4.69, 9.17) is 4.43 Å². The summed E-state index contributed by atoms with van der Waals surface area (Å²) in [6, 6.07) is 8.32. The van der Waals surface area contributed by atoms with Crippen LogP contribution in [0.1, 0.15) is 54.4 Å². The zero-order valence-electron chi connectivity index (χ0n) is 19.3. The van der Waals surface area contributed by atoms with Crippen molar-refractivity contribution in [3.8, 4) is 0 Å². The molecular weight excluding hydrogens is 414 g/mol. The zero-order chi connectivity index (χ0) is 22.3. The van der Waals surface area contributed by atoms with Crippen molar-refractivity contribution in [2.45, 2.75) is 92.8 Å². The van der Waals surface area contributed by atoms with Crippen molar-refractivity contribution < 1.29 is 18.0 Å². The van der Waals surface area contributed by atoms with Gasteiger partial charge < -0.3 is 9.53 Å². The molecule has 2 aliphatic rings. The second-order valence-electron chi connectivity index (χ2n) is 10.0. The van der Waals surface area contributed by atoms with Crippen molar-refractivity contribution in [1.29, 1.82) is 0 Å². The maximum atomic E-state index is 13.8. The van der Waals surface area contributed by atoms with Gasteiger partial charge in [-0.25, -0.2) is 8.42 Å². The van der Waals surface area contributed by atoms with Crippen LogP contribution in [-0.2, 0) is 14.3 Å². The Balaban J connectivity index is 2.04. The first-order valence-corrected chi connectivity index (χ1v) is 15.0. The molecule has 3 atom stereocenters. The minimum absolute atomic E-state index is 0.156. The zero-order valence-corrected chi connectivity index (χ0v) is 21.2. The lowest BCUT2D eigenvalue weighted by molar-refractivity contribution is 0.102. The van der Waals surface area contributed by atoms with Crippen molar-refractivity contribution in [3.05, 3.63) is 30.3 Å². The van der Waals surface area contributed by atoms with E-state index >= 15 is 0 Å². The lowest BCUT2D eigenvalue weighted by Crippen LogP contribution is -2.59. The Morgan fingerprint density at radius 1 is 1.07 bits per heavy atom. The predicted octanol–water partition coefficient (Wildman–Crippen LogP) is 4.23. The Morgan fingerprint density at radius 2 is 1.63 bits per heavy atom. The number of aliphatic hydroxyl groups is 1. The average Bonchev–Trinajstić information content (AvgIpc) is 3.27. The standard InChI is InChI=1S/C23H39NO4SSi/c1-17(2)30(18(3)4,19(5)6)28-21-12-14-24-15-13-23(16-25,22(21)24)29(26,27)20-10-8-7-9-11-20/h7-11,17-19,21-22,25H,12-16H2,1-6H3/t21-,22-,23+/m1/s1. The summed E-state index contributed by atoms with van der Waals surface area (Å²) in [5, 5.41) is 10.6. The van der Waals surface area contributed by atoms with Crippen molar-refractivity contribution in [2.75, 3.05) is 19.7 Å². The van der Waals surface area contributed by atoms with Crippen LogP contribution < -0.4 is 0 Å². The fraction of sp³-hybridized carbons (Fsp3) is 0.739. The van der Waals surface area contributed by atoms with Gasteiger partial charge in [0, 0.05) is 13.1 Å². The molecule has 1 N–H and O–H groups in total. The summed E-state index contributed by atoms with van der Waals surface area (Å²) in [5.74, 6) is 0. The van der Waals surface area contributed by atoms with E-state index in [9.17, 15) is 13.5 Å². The van der Waals surface area contributed by atoms with Crippen molar-refractivity contribution in [2.24, 2.45) is 0 Å². The van der Waals surface area contributed by atoms with Crippen LogP contribution in [0.5, 0.6) is 0 Å². The lowest BCUT2D eigenvalue weighted by atomic mass is 9.96. The Hall–Kier alpha value is -0.733. The number of rotatable bonds is 8. The first-order chi connectivity index (χ1) is 14.0. The molecular formula is C23H39NO4SSi. The highest BCUT2D eigenvalue weighted by molar-refractivity contribution is 7.93. The van der Waals surface area contributed by atoms with Gasteiger partial charge >= 0.3 is 0 Å². The molecule has 2 heterocycles. The molecule has 0 amide bonds. The van der Waals surface area contributed by atoms with E-state index < -0.39 is 22.9 Å². The van der Waals surface area contributed by atoms with E-state index in [-0.39, 0.29) is 18.8 Å². The summed E-state index contributed by atoms with van der Waals surface area (Å²) in [6.07, 6.45) is 1.12. The summed E-state index contributed by atoms with van der Waals surface area (Å²) in [5.41, 5.74) is 1.30. The number of sulfone groups is 1. The molecule has 0 radical (unpaired) electrons. The molecule has 3 rings (SSSR count). The number of benzene rings is 1. The first kappa shape index (κ1) is 23.9. The Labute approximate surface area is 183 Å².